The first-order valence-corrected chi connectivity index (χ1v) is 12.3. The van der Waals surface area contributed by atoms with Crippen LogP contribution in [0.3, 0.4) is 0 Å². The predicted molar refractivity (Wildman–Crippen MR) is 131 cm³/mol. The van der Waals surface area contributed by atoms with Crippen LogP contribution in [-0.2, 0) is 16.0 Å². The van der Waals surface area contributed by atoms with Crippen molar-refractivity contribution in [1.82, 2.24) is 5.32 Å². The summed E-state index contributed by atoms with van der Waals surface area (Å²) in [7, 11) is 0. The topological polar surface area (TPSA) is 94.8 Å². The minimum Gasteiger partial charge on any atom is -0.444 e. The summed E-state index contributed by atoms with van der Waals surface area (Å²) in [5, 5.41) is 3.72. The third-order valence-corrected chi connectivity index (χ3v) is 6.32. The van der Waals surface area contributed by atoms with Gasteiger partial charge in [-0.25, -0.2) is 9.59 Å². The molecule has 1 aliphatic rings. The van der Waals surface area contributed by atoms with Crippen molar-refractivity contribution in [2.75, 3.05) is 6.54 Å². The summed E-state index contributed by atoms with van der Waals surface area (Å²) in [4.78, 5) is 36.8. The molecule has 2 aromatic rings. The van der Waals surface area contributed by atoms with Crippen molar-refractivity contribution in [2.24, 2.45) is 11.8 Å². The van der Waals surface area contributed by atoms with Gasteiger partial charge in [-0.1, -0.05) is 13.3 Å². The molecule has 1 fully saturated rings. The number of aryl methyl sites for hydroxylation is 2. The number of carbonyl (C=O) groups excluding carboxylic acids is 2. The van der Waals surface area contributed by atoms with Gasteiger partial charge in [-0.05, 0) is 89.8 Å². The monoisotopic (exact) mass is 471 g/mol. The number of alkyl carbamates (subject to hydrolysis) is 1. The maximum Gasteiger partial charge on any atom is 0.407 e. The lowest BCUT2D eigenvalue weighted by Crippen LogP contribution is -2.36. The lowest BCUT2D eigenvalue weighted by molar-refractivity contribution is -0.140. The molecular weight excluding hydrogens is 434 g/mol. The van der Waals surface area contributed by atoms with Crippen LogP contribution in [0.4, 0.5) is 4.79 Å². The van der Waals surface area contributed by atoms with Gasteiger partial charge in [0.25, 0.3) is 0 Å². The molecule has 1 amide bonds. The molecule has 0 atom stereocenters. The Labute approximate surface area is 201 Å². The Hall–Kier alpha value is -2.83. The van der Waals surface area contributed by atoms with Crippen LogP contribution in [0, 0.1) is 18.8 Å². The fraction of sp³-hybridized carbons (Fsp3) is 0.593. The van der Waals surface area contributed by atoms with Gasteiger partial charge in [0.2, 0.25) is 0 Å². The van der Waals surface area contributed by atoms with Gasteiger partial charge in [-0.2, -0.15) is 0 Å². The molecule has 3 rings (SSSR count). The molecule has 186 valence electrons. The average molecular weight is 472 g/mol. The summed E-state index contributed by atoms with van der Waals surface area (Å²) < 4.78 is 16.5. The standard InChI is InChI=1S/C27H37NO6/c1-6-7-8-20-15-23(29)33-24-17(2)22(14-13-21(20)24)32-25(30)19-11-9-18(10-12-19)16-28-26(31)34-27(3,4)5/h13-15,18-19H,6-12,16H2,1-5H3,(H,28,31). The Kier molecular flexibility index (Phi) is 8.39. The van der Waals surface area contributed by atoms with Crippen molar-refractivity contribution < 1.29 is 23.5 Å². The average Bonchev–Trinajstić information content (AvgIpc) is 2.77. The Morgan fingerprint density at radius 1 is 1.15 bits per heavy atom. The van der Waals surface area contributed by atoms with Crippen LogP contribution in [0.15, 0.2) is 27.4 Å². The second-order valence-corrected chi connectivity index (χ2v) is 10.3. The highest BCUT2D eigenvalue weighted by molar-refractivity contribution is 5.86. The molecule has 0 bridgehead atoms. The number of hydrogen-bond donors (Lipinski definition) is 1. The van der Waals surface area contributed by atoms with Gasteiger partial charge in [0, 0.05) is 23.6 Å². The molecule has 7 nitrogen and oxygen atoms in total. The van der Waals surface area contributed by atoms with E-state index in [1.807, 2.05) is 33.8 Å². The van der Waals surface area contributed by atoms with Gasteiger partial charge in [0.15, 0.2) is 0 Å². The summed E-state index contributed by atoms with van der Waals surface area (Å²) in [5.74, 6) is 0.304. The normalized spacial score (nSPS) is 18.5. The summed E-state index contributed by atoms with van der Waals surface area (Å²) in [5.41, 5.74) is 1.21. The lowest BCUT2D eigenvalue weighted by Gasteiger charge is -2.28. The van der Waals surface area contributed by atoms with Gasteiger partial charge in [0.1, 0.15) is 16.9 Å². The number of fused-ring (bicyclic) bond motifs is 1. The maximum atomic E-state index is 12.9. The number of nitrogens with one attached hydrogen (secondary N) is 1. The van der Waals surface area contributed by atoms with E-state index in [9.17, 15) is 14.4 Å². The van der Waals surface area contributed by atoms with E-state index >= 15 is 0 Å². The van der Waals surface area contributed by atoms with Crippen LogP contribution < -0.4 is 15.7 Å². The summed E-state index contributed by atoms with van der Waals surface area (Å²) in [6, 6.07) is 5.22. The second kappa shape index (κ2) is 11.1. The lowest BCUT2D eigenvalue weighted by atomic mass is 9.82. The number of carbonyl (C=O) groups is 2. The van der Waals surface area contributed by atoms with Crippen molar-refractivity contribution in [3.8, 4) is 5.75 Å². The molecule has 1 aromatic heterocycles. The molecule has 0 unspecified atom stereocenters. The molecule has 0 saturated heterocycles. The molecular formula is C27H37NO6. The molecule has 0 aliphatic heterocycles. The molecule has 1 aliphatic carbocycles. The highest BCUT2D eigenvalue weighted by Crippen LogP contribution is 2.33. The van der Waals surface area contributed by atoms with E-state index in [4.69, 9.17) is 13.9 Å². The third kappa shape index (κ3) is 6.84. The first-order chi connectivity index (χ1) is 16.1. The van der Waals surface area contributed by atoms with E-state index in [-0.39, 0.29) is 17.5 Å². The fourth-order valence-corrected chi connectivity index (χ4v) is 4.43. The van der Waals surface area contributed by atoms with Crippen LogP contribution in [0.2, 0.25) is 0 Å². The molecule has 1 N–H and O–H groups in total. The van der Waals surface area contributed by atoms with Crippen LogP contribution in [0.1, 0.15) is 77.3 Å². The highest BCUT2D eigenvalue weighted by atomic mass is 16.6. The zero-order valence-electron chi connectivity index (χ0n) is 21.0. The number of unbranched alkanes of at least 4 members (excludes halogenated alkanes) is 1. The predicted octanol–water partition coefficient (Wildman–Crippen LogP) is 5.68. The Morgan fingerprint density at radius 3 is 2.50 bits per heavy atom. The van der Waals surface area contributed by atoms with E-state index in [1.165, 1.54) is 0 Å². The number of ether oxygens (including phenoxy) is 2. The SMILES string of the molecule is CCCCc1cc(=O)oc2c(C)c(OC(=O)C3CCC(CNC(=O)OC(C)(C)C)CC3)ccc12. The Morgan fingerprint density at radius 2 is 1.85 bits per heavy atom. The zero-order valence-corrected chi connectivity index (χ0v) is 21.0. The molecule has 1 saturated carbocycles. The summed E-state index contributed by atoms with van der Waals surface area (Å²) in [6.45, 7) is 9.97. The Balaban J connectivity index is 1.59. The second-order valence-electron chi connectivity index (χ2n) is 10.3. The van der Waals surface area contributed by atoms with E-state index in [0.29, 0.717) is 42.2 Å². The molecule has 0 radical (unpaired) electrons. The Bertz CT molecular complexity index is 1070. The van der Waals surface area contributed by atoms with Crippen molar-refractivity contribution in [3.05, 3.63) is 39.7 Å². The van der Waals surface area contributed by atoms with Gasteiger partial charge in [-0.3, -0.25) is 4.79 Å². The largest absolute Gasteiger partial charge is 0.444 e. The minimum absolute atomic E-state index is 0.184. The van der Waals surface area contributed by atoms with E-state index < -0.39 is 11.7 Å². The maximum absolute atomic E-state index is 12.9. The summed E-state index contributed by atoms with van der Waals surface area (Å²) in [6.07, 6.45) is 5.52. The van der Waals surface area contributed by atoms with Crippen LogP contribution in [0.25, 0.3) is 11.0 Å². The van der Waals surface area contributed by atoms with E-state index in [0.717, 1.165) is 43.1 Å². The fourth-order valence-electron chi connectivity index (χ4n) is 4.43. The summed E-state index contributed by atoms with van der Waals surface area (Å²) >= 11 is 0. The highest BCUT2D eigenvalue weighted by Gasteiger charge is 2.29. The van der Waals surface area contributed by atoms with Crippen molar-refractivity contribution >= 4 is 23.0 Å². The number of rotatable bonds is 7. The van der Waals surface area contributed by atoms with Crippen molar-refractivity contribution in [3.63, 3.8) is 0 Å². The zero-order chi connectivity index (χ0) is 24.9. The first-order valence-electron chi connectivity index (χ1n) is 12.3. The molecule has 1 heterocycles. The van der Waals surface area contributed by atoms with Gasteiger partial charge in [0.05, 0.1) is 5.92 Å². The first kappa shape index (κ1) is 25.8. The van der Waals surface area contributed by atoms with Gasteiger partial charge in [-0.15, -0.1) is 0 Å². The van der Waals surface area contributed by atoms with Gasteiger partial charge < -0.3 is 19.2 Å². The van der Waals surface area contributed by atoms with E-state index in [1.54, 1.807) is 12.1 Å². The smallest absolute Gasteiger partial charge is 0.407 e. The number of benzene rings is 1. The minimum atomic E-state index is -0.522. The number of esters is 1. The van der Waals surface area contributed by atoms with Gasteiger partial charge >= 0.3 is 17.7 Å². The molecule has 7 heteroatoms. The molecule has 34 heavy (non-hydrogen) atoms. The third-order valence-electron chi connectivity index (χ3n) is 6.32. The van der Waals surface area contributed by atoms with Crippen LogP contribution >= 0.6 is 0 Å². The van der Waals surface area contributed by atoms with Crippen LogP contribution in [-0.4, -0.2) is 24.2 Å². The van der Waals surface area contributed by atoms with Crippen molar-refractivity contribution in [2.45, 2.75) is 85.2 Å². The van der Waals surface area contributed by atoms with Crippen LogP contribution in [0.5, 0.6) is 5.75 Å². The molecule has 0 spiro atoms. The quantitative estimate of drug-likeness (QED) is 0.317. The number of hydrogen-bond acceptors (Lipinski definition) is 6. The number of amides is 1. The van der Waals surface area contributed by atoms with E-state index in [2.05, 4.69) is 12.2 Å². The molecule has 1 aromatic carbocycles. The van der Waals surface area contributed by atoms with Crippen molar-refractivity contribution in [1.29, 1.82) is 0 Å².